The molecule has 4 heteroatoms. The van der Waals surface area contributed by atoms with Crippen molar-refractivity contribution in [2.75, 3.05) is 40.3 Å². The highest BCUT2D eigenvalue weighted by Crippen LogP contribution is 2.33. The number of hydrogen-bond donors (Lipinski definition) is 1. The second-order valence-electron chi connectivity index (χ2n) is 5.48. The molecule has 0 saturated carbocycles. The van der Waals surface area contributed by atoms with E-state index in [1.165, 1.54) is 0 Å². The molecule has 1 unspecified atom stereocenters. The van der Waals surface area contributed by atoms with Crippen molar-refractivity contribution in [2.24, 2.45) is 5.41 Å². The summed E-state index contributed by atoms with van der Waals surface area (Å²) in [6.07, 6.45) is 3.71. The molecular weight excluding hydrogens is 216 g/mol. The van der Waals surface area contributed by atoms with Crippen molar-refractivity contribution >= 4 is 5.97 Å². The molecule has 1 heterocycles. The van der Waals surface area contributed by atoms with E-state index in [-0.39, 0.29) is 0 Å². The molecule has 17 heavy (non-hydrogen) atoms. The third kappa shape index (κ3) is 3.96. The lowest BCUT2D eigenvalue weighted by atomic mass is 9.77. The first-order valence-electron chi connectivity index (χ1n) is 6.60. The number of aliphatic carboxylic acids is 1. The van der Waals surface area contributed by atoms with E-state index in [0.29, 0.717) is 0 Å². The highest BCUT2D eigenvalue weighted by atomic mass is 16.4. The lowest BCUT2D eigenvalue weighted by molar-refractivity contribution is -0.152. The number of carboxylic acid groups (broad SMARTS) is 1. The molecule has 0 aromatic rings. The molecule has 0 radical (unpaired) electrons. The van der Waals surface area contributed by atoms with Crippen molar-refractivity contribution in [2.45, 2.75) is 32.6 Å². The van der Waals surface area contributed by atoms with Crippen LogP contribution in [-0.2, 0) is 4.79 Å². The predicted molar refractivity (Wildman–Crippen MR) is 69.2 cm³/mol. The fourth-order valence-electron chi connectivity index (χ4n) is 2.64. The molecule has 0 spiro atoms. The molecule has 1 N–H and O–H groups in total. The summed E-state index contributed by atoms with van der Waals surface area (Å²) < 4.78 is 0. The minimum atomic E-state index is -0.614. The van der Waals surface area contributed by atoms with E-state index >= 15 is 0 Å². The molecule has 1 saturated heterocycles. The van der Waals surface area contributed by atoms with Crippen molar-refractivity contribution in [1.82, 2.24) is 9.80 Å². The Morgan fingerprint density at radius 2 is 2.18 bits per heavy atom. The molecule has 0 aromatic heterocycles. The Kier molecular flexibility index (Phi) is 5.40. The van der Waals surface area contributed by atoms with Crippen molar-refractivity contribution in [3.63, 3.8) is 0 Å². The van der Waals surface area contributed by atoms with Gasteiger partial charge in [0.2, 0.25) is 0 Å². The molecule has 0 aromatic carbocycles. The van der Waals surface area contributed by atoms with Gasteiger partial charge in [-0.05, 0) is 59.4 Å². The molecule has 1 aliphatic heterocycles. The summed E-state index contributed by atoms with van der Waals surface area (Å²) in [6.45, 7) is 5.88. The molecular formula is C13H26N2O2. The monoisotopic (exact) mass is 242 g/mol. The Morgan fingerprint density at radius 3 is 2.71 bits per heavy atom. The maximum absolute atomic E-state index is 11.4. The minimum absolute atomic E-state index is 0.490. The summed E-state index contributed by atoms with van der Waals surface area (Å²) in [7, 11) is 4.15. The lowest BCUT2D eigenvalue weighted by Gasteiger charge is -2.39. The minimum Gasteiger partial charge on any atom is -0.481 e. The maximum atomic E-state index is 11.4. The quantitative estimate of drug-likeness (QED) is 0.767. The average Bonchev–Trinajstić information content (AvgIpc) is 2.28. The molecule has 0 amide bonds. The first-order valence-corrected chi connectivity index (χ1v) is 6.60. The van der Waals surface area contributed by atoms with Gasteiger partial charge in [-0.2, -0.15) is 0 Å². The van der Waals surface area contributed by atoms with Crippen LogP contribution in [0.2, 0.25) is 0 Å². The van der Waals surface area contributed by atoms with Gasteiger partial charge in [0.25, 0.3) is 0 Å². The van der Waals surface area contributed by atoms with Gasteiger partial charge in [0.05, 0.1) is 5.41 Å². The Balaban J connectivity index is 2.45. The van der Waals surface area contributed by atoms with Gasteiger partial charge >= 0.3 is 5.97 Å². The van der Waals surface area contributed by atoms with Gasteiger partial charge in [-0.15, -0.1) is 0 Å². The van der Waals surface area contributed by atoms with Crippen molar-refractivity contribution < 1.29 is 9.90 Å². The third-order valence-corrected chi connectivity index (χ3v) is 3.87. The van der Waals surface area contributed by atoms with Crippen LogP contribution in [0.25, 0.3) is 0 Å². The van der Waals surface area contributed by atoms with Crippen LogP contribution in [0.1, 0.15) is 32.6 Å². The Bertz CT molecular complexity index is 256. The Morgan fingerprint density at radius 1 is 1.47 bits per heavy atom. The van der Waals surface area contributed by atoms with E-state index in [4.69, 9.17) is 0 Å². The number of rotatable bonds is 6. The smallest absolute Gasteiger partial charge is 0.310 e. The molecule has 1 fully saturated rings. The average molecular weight is 242 g/mol. The zero-order chi connectivity index (χ0) is 12.9. The van der Waals surface area contributed by atoms with Gasteiger partial charge in [-0.1, -0.05) is 6.92 Å². The van der Waals surface area contributed by atoms with Crippen molar-refractivity contribution in [3.05, 3.63) is 0 Å². The van der Waals surface area contributed by atoms with E-state index < -0.39 is 11.4 Å². The largest absolute Gasteiger partial charge is 0.481 e. The normalized spacial score (nSPS) is 26.4. The van der Waals surface area contributed by atoms with Crippen LogP contribution in [0.4, 0.5) is 0 Å². The highest BCUT2D eigenvalue weighted by Gasteiger charge is 2.40. The molecule has 4 nitrogen and oxygen atoms in total. The standard InChI is InChI=1S/C13H26N2O2/c1-4-13(12(16)17)7-5-9-15(11-13)10-6-8-14(2)3/h4-11H2,1-3H3,(H,16,17). The summed E-state index contributed by atoms with van der Waals surface area (Å²) in [5, 5.41) is 9.39. The fourth-order valence-corrected chi connectivity index (χ4v) is 2.64. The number of carbonyl (C=O) groups is 1. The summed E-state index contributed by atoms with van der Waals surface area (Å²) in [5.41, 5.74) is -0.490. The van der Waals surface area contributed by atoms with Crippen LogP contribution >= 0.6 is 0 Å². The maximum Gasteiger partial charge on any atom is 0.310 e. The predicted octanol–water partition coefficient (Wildman–Crippen LogP) is 1.51. The van der Waals surface area contributed by atoms with E-state index in [9.17, 15) is 9.90 Å². The van der Waals surface area contributed by atoms with Crippen LogP contribution in [0.15, 0.2) is 0 Å². The molecule has 0 aliphatic carbocycles. The molecule has 1 atom stereocenters. The Hall–Kier alpha value is -0.610. The van der Waals surface area contributed by atoms with Gasteiger partial charge in [0, 0.05) is 6.54 Å². The second kappa shape index (κ2) is 6.36. The molecule has 0 bridgehead atoms. The van der Waals surface area contributed by atoms with Crippen LogP contribution in [0, 0.1) is 5.41 Å². The number of piperidine rings is 1. The van der Waals surface area contributed by atoms with E-state index in [2.05, 4.69) is 23.9 Å². The van der Waals surface area contributed by atoms with Gasteiger partial charge in [0.15, 0.2) is 0 Å². The second-order valence-corrected chi connectivity index (χ2v) is 5.48. The van der Waals surface area contributed by atoms with Crippen LogP contribution in [0.5, 0.6) is 0 Å². The summed E-state index contributed by atoms with van der Waals surface area (Å²) >= 11 is 0. The topological polar surface area (TPSA) is 43.8 Å². The van der Waals surface area contributed by atoms with Crippen molar-refractivity contribution in [3.8, 4) is 0 Å². The van der Waals surface area contributed by atoms with Crippen LogP contribution in [-0.4, -0.2) is 61.2 Å². The fraction of sp³-hybridized carbons (Fsp3) is 0.923. The zero-order valence-corrected chi connectivity index (χ0v) is 11.4. The summed E-state index contributed by atoms with van der Waals surface area (Å²) in [4.78, 5) is 15.9. The molecule has 1 rings (SSSR count). The van der Waals surface area contributed by atoms with Gasteiger partial charge in [-0.25, -0.2) is 0 Å². The highest BCUT2D eigenvalue weighted by molar-refractivity contribution is 5.75. The van der Waals surface area contributed by atoms with Crippen molar-refractivity contribution in [1.29, 1.82) is 0 Å². The first-order chi connectivity index (χ1) is 8.00. The third-order valence-electron chi connectivity index (χ3n) is 3.87. The summed E-state index contributed by atoms with van der Waals surface area (Å²) in [5.74, 6) is -0.614. The van der Waals surface area contributed by atoms with Gasteiger partial charge in [-0.3, -0.25) is 4.79 Å². The van der Waals surface area contributed by atoms with Gasteiger partial charge < -0.3 is 14.9 Å². The summed E-state index contributed by atoms with van der Waals surface area (Å²) in [6, 6.07) is 0. The number of nitrogens with zero attached hydrogens (tertiary/aromatic N) is 2. The number of carboxylic acids is 1. The lowest BCUT2D eigenvalue weighted by Crippen LogP contribution is -2.48. The van der Waals surface area contributed by atoms with Crippen LogP contribution < -0.4 is 0 Å². The van der Waals surface area contributed by atoms with Crippen LogP contribution in [0.3, 0.4) is 0 Å². The first kappa shape index (κ1) is 14.5. The van der Waals surface area contributed by atoms with Gasteiger partial charge in [0.1, 0.15) is 0 Å². The van der Waals surface area contributed by atoms with E-state index in [0.717, 1.165) is 51.9 Å². The molecule has 100 valence electrons. The zero-order valence-electron chi connectivity index (χ0n) is 11.4. The SMILES string of the molecule is CCC1(C(=O)O)CCCN(CCCN(C)C)C1. The Labute approximate surface area is 105 Å². The van der Waals surface area contributed by atoms with E-state index in [1.54, 1.807) is 0 Å². The number of hydrogen-bond acceptors (Lipinski definition) is 3. The molecule has 1 aliphatic rings. The van der Waals surface area contributed by atoms with E-state index in [1.807, 2.05) is 6.92 Å². The number of likely N-dealkylation sites (tertiary alicyclic amines) is 1.